The minimum absolute atomic E-state index is 0.0653. The maximum absolute atomic E-state index is 13.9. The molecule has 0 amide bonds. The highest BCUT2D eigenvalue weighted by atomic mass is 35.5. The number of aryl methyl sites for hydroxylation is 2. The number of para-hydroxylation sites is 2. The van der Waals surface area contributed by atoms with E-state index in [0.29, 0.717) is 21.6 Å². The number of hydrogen-bond acceptors (Lipinski definition) is 6. The Morgan fingerprint density at radius 3 is 2.44 bits per heavy atom. The van der Waals surface area contributed by atoms with Crippen molar-refractivity contribution >= 4 is 55.7 Å². The third-order valence-electron chi connectivity index (χ3n) is 5.50. The summed E-state index contributed by atoms with van der Waals surface area (Å²) in [6.45, 7) is 3.59. The topological polar surface area (TPSA) is 103 Å². The normalized spacial score (nSPS) is 12.2. The average molecular weight is 490 g/mol. The number of sulfone groups is 1. The molecule has 9 heteroatoms. The second kappa shape index (κ2) is 8.23. The molecule has 0 radical (unpaired) electrons. The van der Waals surface area contributed by atoms with Crippen LogP contribution in [0.5, 0.6) is 0 Å². The third-order valence-corrected chi connectivity index (χ3v) is 7.70. The molecule has 0 aliphatic rings. The zero-order chi connectivity index (χ0) is 24.0. The summed E-state index contributed by atoms with van der Waals surface area (Å²) in [5, 5.41) is 5.01. The van der Waals surface area contributed by atoms with Crippen molar-refractivity contribution in [3.63, 3.8) is 0 Å². The van der Waals surface area contributed by atoms with Crippen molar-refractivity contribution in [1.29, 1.82) is 0 Å². The largest absolute Gasteiger partial charge is 0.382 e. The molecule has 2 heterocycles. The smallest absolute Gasteiger partial charge is 0.212 e. The molecule has 170 valence electrons. The molecule has 34 heavy (non-hydrogen) atoms. The molecule has 7 nitrogen and oxygen atoms in total. The number of benzene rings is 3. The maximum atomic E-state index is 13.9. The van der Waals surface area contributed by atoms with Gasteiger partial charge < -0.3 is 5.73 Å². The highest BCUT2D eigenvalue weighted by Gasteiger charge is 2.31. The third kappa shape index (κ3) is 3.70. The first-order chi connectivity index (χ1) is 16.3. The number of nitrogen functional groups attached to an aromatic ring is 1. The van der Waals surface area contributed by atoms with Crippen LogP contribution in [0.2, 0.25) is 5.02 Å². The second-order valence-electron chi connectivity index (χ2n) is 7.98. The highest BCUT2D eigenvalue weighted by Crippen LogP contribution is 2.36. The number of anilines is 1. The van der Waals surface area contributed by atoms with E-state index in [9.17, 15) is 8.42 Å². The van der Waals surface area contributed by atoms with Gasteiger partial charge in [-0.25, -0.2) is 18.4 Å². The summed E-state index contributed by atoms with van der Waals surface area (Å²) in [4.78, 5) is 9.35. The van der Waals surface area contributed by atoms with Crippen LogP contribution in [0.3, 0.4) is 0 Å². The van der Waals surface area contributed by atoms with Crippen molar-refractivity contribution in [2.24, 2.45) is 5.10 Å². The molecule has 3 aromatic carbocycles. The lowest BCUT2D eigenvalue weighted by Gasteiger charge is -2.09. The Hall–Kier alpha value is -3.75. The van der Waals surface area contributed by atoms with Crippen LogP contribution in [0, 0.1) is 13.8 Å². The van der Waals surface area contributed by atoms with E-state index in [1.807, 2.05) is 31.2 Å². The molecule has 0 aliphatic heterocycles. The Bertz CT molecular complexity index is 1730. The lowest BCUT2D eigenvalue weighted by molar-refractivity contribution is 0.596. The average Bonchev–Trinajstić information content (AvgIpc) is 3.08. The lowest BCUT2D eigenvalue weighted by Crippen LogP contribution is -2.08. The summed E-state index contributed by atoms with van der Waals surface area (Å²) in [5.41, 5.74) is 10.2. The van der Waals surface area contributed by atoms with Gasteiger partial charge in [0.05, 0.1) is 22.1 Å². The van der Waals surface area contributed by atoms with Crippen LogP contribution < -0.4 is 5.73 Å². The predicted molar refractivity (Wildman–Crippen MR) is 135 cm³/mol. The van der Waals surface area contributed by atoms with Crippen molar-refractivity contribution in [3.05, 3.63) is 88.4 Å². The van der Waals surface area contributed by atoms with Gasteiger partial charge in [-0.1, -0.05) is 48.0 Å². The van der Waals surface area contributed by atoms with Gasteiger partial charge in [0, 0.05) is 5.02 Å². The molecule has 2 N–H and O–H groups in total. The Morgan fingerprint density at radius 2 is 1.71 bits per heavy atom. The molecule has 0 fully saturated rings. The summed E-state index contributed by atoms with van der Waals surface area (Å²) in [7, 11) is -4.03. The Morgan fingerprint density at radius 1 is 0.971 bits per heavy atom. The van der Waals surface area contributed by atoms with Gasteiger partial charge >= 0.3 is 0 Å². The second-order valence-corrected chi connectivity index (χ2v) is 10.3. The standard InChI is InChI=1S/C25H20ClN5O2S/c1-15-10-11-16(2)21(12-15)34(32,33)23-22-25(30-20-9-4-3-8-19(20)29-22)31(24(23)27)28-14-17-6-5-7-18(26)13-17/h3-14H,27H2,1-2H3. The molecule has 0 bridgehead atoms. The molecule has 0 saturated heterocycles. The molecule has 0 spiro atoms. The van der Waals surface area contributed by atoms with Gasteiger partial charge in [-0.2, -0.15) is 9.78 Å². The number of rotatable bonds is 4. The van der Waals surface area contributed by atoms with E-state index in [1.54, 1.807) is 55.6 Å². The number of nitrogens with two attached hydrogens (primary N) is 1. The minimum atomic E-state index is -4.03. The van der Waals surface area contributed by atoms with Crippen LogP contribution in [-0.4, -0.2) is 29.3 Å². The number of halogens is 1. The minimum Gasteiger partial charge on any atom is -0.382 e. The van der Waals surface area contributed by atoms with E-state index in [4.69, 9.17) is 17.3 Å². The van der Waals surface area contributed by atoms with Crippen molar-refractivity contribution in [3.8, 4) is 0 Å². The summed E-state index contributed by atoms with van der Waals surface area (Å²) in [6.07, 6.45) is 1.55. The van der Waals surface area contributed by atoms with Crippen molar-refractivity contribution in [1.82, 2.24) is 14.6 Å². The zero-order valence-corrected chi connectivity index (χ0v) is 20.0. The molecular formula is C25H20ClN5O2S. The number of nitrogens with zero attached hydrogens (tertiary/aromatic N) is 4. The molecule has 5 rings (SSSR count). The van der Waals surface area contributed by atoms with Gasteiger partial charge in [0.1, 0.15) is 16.2 Å². The molecule has 0 aliphatic carbocycles. The molecule has 0 atom stereocenters. The van der Waals surface area contributed by atoms with Gasteiger partial charge in [0.2, 0.25) is 9.84 Å². The van der Waals surface area contributed by atoms with Gasteiger partial charge in [-0.15, -0.1) is 0 Å². The Labute approximate surface area is 201 Å². The van der Waals surface area contributed by atoms with Crippen LogP contribution in [0.25, 0.3) is 22.2 Å². The fraction of sp³-hybridized carbons (Fsp3) is 0.0800. The molecule has 2 aromatic heterocycles. The fourth-order valence-corrected chi connectivity index (χ4v) is 5.83. The lowest BCUT2D eigenvalue weighted by atomic mass is 10.2. The van der Waals surface area contributed by atoms with Crippen LogP contribution in [0.1, 0.15) is 16.7 Å². The summed E-state index contributed by atoms with van der Waals surface area (Å²) in [5.74, 6) is -0.0653. The van der Waals surface area contributed by atoms with E-state index in [2.05, 4.69) is 15.1 Å². The van der Waals surface area contributed by atoms with Crippen LogP contribution >= 0.6 is 11.6 Å². The fourth-order valence-electron chi connectivity index (χ4n) is 3.82. The van der Waals surface area contributed by atoms with E-state index < -0.39 is 9.84 Å². The first-order valence-electron chi connectivity index (χ1n) is 10.4. The van der Waals surface area contributed by atoms with Gasteiger partial charge in [-0.05, 0) is 60.9 Å². The summed E-state index contributed by atoms with van der Waals surface area (Å²) < 4.78 is 29.1. The monoisotopic (exact) mass is 489 g/mol. The summed E-state index contributed by atoms with van der Waals surface area (Å²) in [6, 6.07) is 19.6. The first-order valence-corrected chi connectivity index (χ1v) is 12.3. The number of fused-ring (bicyclic) bond motifs is 2. The van der Waals surface area contributed by atoms with E-state index in [0.717, 1.165) is 11.1 Å². The predicted octanol–water partition coefficient (Wildman–Crippen LogP) is 5.15. The number of hydrogen-bond donors (Lipinski definition) is 1. The quantitative estimate of drug-likeness (QED) is 0.351. The Balaban J connectivity index is 1.82. The Kier molecular flexibility index (Phi) is 5.34. The van der Waals surface area contributed by atoms with Crippen LogP contribution in [0.15, 0.2) is 81.6 Å². The van der Waals surface area contributed by atoms with E-state index in [1.165, 1.54) is 4.68 Å². The SMILES string of the molecule is Cc1ccc(C)c(S(=O)(=O)c2c(N)n(N=Cc3cccc(Cl)c3)c3nc4ccccc4nc23)c1. The van der Waals surface area contributed by atoms with Gasteiger partial charge in [0.15, 0.2) is 5.65 Å². The molecular weight excluding hydrogens is 470 g/mol. The van der Waals surface area contributed by atoms with Crippen molar-refractivity contribution < 1.29 is 8.42 Å². The van der Waals surface area contributed by atoms with Crippen molar-refractivity contribution in [2.45, 2.75) is 23.6 Å². The van der Waals surface area contributed by atoms with E-state index in [-0.39, 0.29) is 26.8 Å². The molecule has 5 aromatic rings. The molecule has 0 saturated carbocycles. The number of aromatic nitrogens is 3. The van der Waals surface area contributed by atoms with E-state index >= 15 is 0 Å². The van der Waals surface area contributed by atoms with Crippen LogP contribution in [-0.2, 0) is 9.84 Å². The zero-order valence-electron chi connectivity index (χ0n) is 18.4. The maximum Gasteiger partial charge on any atom is 0.212 e. The van der Waals surface area contributed by atoms with Crippen LogP contribution in [0.4, 0.5) is 5.82 Å². The van der Waals surface area contributed by atoms with Gasteiger partial charge in [-0.3, -0.25) is 0 Å². The first kappa shape index (κ1) is 22.1. The molecule has 0 unspecified atom stereocenters. The van der Waals surface area contributed by atoms with Gasteiger partial charge in [0.25, 0.3) is 0 Å². The summed E-state index contributed by atoms with van der Waals surface area (Å²) >= 11 is 6.08. The highest BCUT2D eigenvalue weighted by molar-refractivity contribution is 7.92. The van der Waals surface area contributed by atoms with Crippen molar-refractivity contribution in [2.75, 3.05) is 5.73 Å².